The highest BCUT2D eigenvalue weighted by molar-refractivity contribution is 5.09. The molecule has 1 radical (unpaired) electrons. The smallest absolute Gasteiger partial charge is 0.199 e. The van der Waals surface area contributed by atoms with E-state index < -0.39 is 11.8 Å². The van der Waals surface area contributed by atoms with Crippen molar-refractivity contribution in [2.75, 3.05) is 0 Å². The van der Waals surface area contributed by atoms with Crippen molar-refractivity contribution >= 4 is 0 Å². The zero-order chi connectivity index (χ0) is 7.71. The van der Waals surface area contributed by atoms with E-state index in [2.05, 4.69) is 6.42 Å². The summed E-state index contributed by atoms with van der Waals surface area (Å²) in [7, 11) is 0. The molecule has 9 heavy (non-hydrogen) atoms. The Hall–Kier alpha value is -0.720. The van der Waals surface area contributed by atoms with Crippen LogP contribution in [0.25, 0.3) is 0 Å². The van der Waals surface area contributed by atoms with Crippen LogP contribution in [0.15, 0.2) is 0 Å². The van der Waals surface area contributed by atoms with Gasteiger partial charge in [0.15, 0.2) is 0 Å². The minimum atomic E-state index is -4.44. The summed E-state index contributed by atoms with van der Waals surface area (Å²) in [5.41, 5.74) is 0. The van der Waals surface area contributed by atoms with Gasteiger partial charge in [-0.3, -0.25) is 0 Å². The molecule has 4 heteroatoms. The molecule has 0 unspecified atom stereocenters. The summed E-state index contributed by atoms with van der Waals surface area (Å²) >= 11 is 0. The number of hydrogen-bond acceptors (Lipinski definition) is 0. The number of rotatable bonds is 1. The molecule has 51 valence electrons. The largest absolute Gasteiger partial charge is 0.369 e. The highest BCUT2D eigenvalue weighted by Crippen LogP contribution is 2.31. The molecular weight excluding hydrogens is 136 g/mol. The van der Waals surface area contributed by atoms with Crippen molar-refractivity contribution in [3.8, 4) is 12.3 Å². The van der Waals surface area contributed by atoms with Gasteiger partial charge >= 0.3 is 11.8 Å². The van der Waals surface area contributed by atoms with Crippen molar-refractivity contribution in [1.82, 2.24) is 0 Å². The van der Waals surface area contributed by atoms with Gasteiger partial charge in [0.1, 0.15) is 0 Å². The van der Waals surface area contributed by atoms with E-state index >= 15 is 0 Å². The van der Waals surface area contributed by atoms with E-state index in [-0.39, 0.29) is 0 Å². The third-order valence-corrected chi connectivity index (χ3v) is 0.641. The maximum absolute atomic E-state index is 11.6. The highest BCUT2D eigenvalue weighted by Gasteiger charge is 2.50. The predicted octanol–water partition coefficient (Wildman–Crippen LogP) is 1.72. The normalized spacial score (nSPS) is 12.9. The molecule has 0 N–H and O–H groups in total. The average Bonchev–Trinajstić information content (AvgIpc) is 1.64. The molecule has 0 aliphatic carbocycles. The molecule has 0 aliphatic rings. The lowest BCUT2D eigenvalue weighted by molar-refractivity contribution is -0.142. The molecule has 0 saturated carbocycles. The van der Waals surface area contributed by atoms with E-state index in [1.54, 1.807) is 0 Å². The molecule has 0 aromatic carbocycles. The lowest BCUT2D eigenvalue weighted by atomic mass is 10.2. The van der Waals surface area contributed by atoms with E-state index in [1.807, 2.05) is 6.92 Å². The minimum absolute atomic E-state index is 0.635. The zero-order valence-electron chi connectivity index (χ0n) is 4.30. The fraction of sp³-hybridized carbons (Fsp3) is 0.400. The monoisotopic (exact) mass is 139 g/mol. The van der Waals surface area contributed by atoms with Crippen LogP contribution < -0.4 is 0 Å². The molecule has 0 fully saturated rings. The van der Waals surface area contributed by atoms with Gasteiger partial charge in [0, 0.05) is 6.92 Å². The van der Waals surface area contributed by atoms with E-state index in [0.717, 1.165) is 0 Å². The minimum Gasteiger partial charge on any atom is -0.199 e. The van der Waals surface area contributed by atoms with Crippen LogP contribution in [0.1, 0.15) is 0 Å². The Morgan fingerprint density at radius 2 is 1.56 bits per heavy atom. The first-order chi connectivity index (χ1) is 3.81. The van der Waals surface area contributed by atoms with Crippen LogP contribution in [0.2, 0.25) is 0 Å². The van der Waals surface area contributed by atoms with Gasteiger partial charge in [0.05, 0.1) is 0 Å². The van der Waals surface area contributed by atoms with Crippen LogP contribution in [-0.4, -0.2) is 11.8 Å². The molecule has 0 bridgehead atoms. The molecule has 0 rings (SSSR count). The van der Waals surface area contributed by atoms with Gasteiger partial charge in [-0.2, -0.15) is 17.6 Å². The molecule has 0 saturated heterocycles. The summed E-state index contributed by atoms with van der Waals surface area (Å²) in [5, 5.41) is 0. The molecule has 0 aromatic rings. The van der Waals surface area contributed by atoms with Crippen LogP contribution in [0, 0.1) is 19.3 Å². The number of terminal acetylenes is 1. The van der Waals surface area contributed by atoms with Crippen molar-refractivity contribution in [1.29, 1.82) is 0 Å². The molecule has 0 heterocycles. The Balaban J connectivity index is 4.39. The second kappa shape index (κ2) is 1.90. The van der Waals surface area contributed by atoms with Crippen molar-refractivity contribution in [3.05, 3.63) is 6.92 Å². The lowest BCUT2D eigenvalue weighted by Gasteiger charge is -2.15. The molecule has 0 amide bonds. The second-order valence-electron chi connectivity index (χ2n) is 1.42. The van der Waals surface area contributed by atoms with E-state index in [4.69, 9.17) is 0 Å². The number of hydrogen-bond donors (Lipinski definition) is 0. The van der Waals surface area contributed by atoms with Crippen molar-refractivity contribution in [2.24, 2.45) is 0 Å². The van der Waals surface area contributed by atoms with E-state index in [0.29, 0.717) is 5.92 Å². The molecule has 0 spiro atoms. The second-order valence-corrected chi connectivity index (χ2v) is 1.42. The first-order valence-corrected chi connectivity index (χ1v) is 1.90. The molecule has 0 nitrogen and oxygen atoms in total. The van der Waals surface area contributed by atoms with Gasteiger partial charge in [-0.25, -0.2) is 0 Å². The summed E-state index contributed by atoms with van der Waals surface area (Å²) in [6.07, 6.45) is 4.07. The van der Waals surface area contributed by atoms with Gasteiger partial charge in [0.25, 0.3) is 0 Å². The number of alkyl halides is 4. The lowest BCUT2D eigenvalue weighted by Crippen LogP contribution is -2.36. The SMILES string of the molecule is C#CC(F)(F)C([CH2])(F)F. The van der Waals surface area contributed by atoms with Crippen LogP contribution in [-0.2, 0) is 0 Å². The maximum atomic E-state index is 11.6. The summed E-state index contributed by atoms with van der Waals surface area (Å²) in [5.74, 6) is -8.18. The maximum Gasteiger partial charge on any atom is 0.369 e. The van der Waals surface area contributed by atoms with Crippen LogP contribution in [0.3, 0.4) is 0 Å². The summed E-state index contributed by atoms with van der Waals surface area (Å²) < 4.78 is 46.2. The number of halogens is 4. The van der Waals surface area contributed by atoms with E-state index in [9.17, 15) is 17.6 Å². The van der Waals surface area contributed by atoms with Gasteiger partial charge < -0.3 is 0 Å². The van der Waals surface area contributed by atoms with Crippen molar-refractivity contribution in [2.45, 2.75) is 11.8 Å². The Labute approximate surface area is 49.9 Å². The van der Waals surface area contributed by atoms with Crippen LogP contribution in [0.5, 0.6) is 0 Å². The quantitative estimate of drug-likeness (QED) is 0.383. The Bertz CT molecular complexity index is 136. The first-order valence-electron chi connectivity index (χ1n) is 1.90. The summed E-state index contributed by atoms with van der Waals surface area (Å²) in [6.45, 7) is 1.89. The standard InChI is InChI=1S/C5H3F4/c1-3-5(8,9)4(2,6)7/h1H,2H2. The third-order valence-electron chi connectivity index (χ3n) is 0.641. The van der Waals surface area contributed by atoms with Gasteiger partial charge in [-0.05, 0) is 5.92 Å². The van der Waals surface area contributed by atoms with Crippen LogP contribution >= 0.6 is 0 Å². The van der Waals surface area contributed by atoms with Gasteiger partial charge in [0.2, 0.25) is 0 Å². The zero-order valence-corrected chi connectivity index (χ0v) is 4.30. The topological polar surface area (TPSA) is 0 Å². The third kappa shape index (κ3) is 1.60. The summed E-state index contributed by atoms with van der Waals surface area (Å²) in [4.78, 5) is 0. The average molecular weight is 139 g/mol. The van der Waals surface area contributed by atoms with Crippen molar-refractivity contribution in [3.63, 3.8) is 0 Å². The highest BCUT2D eigenvalue weighted by atomic mass is 19.3. The Morgan fingerprint density at radius 1 is 1.22 bits per heavy atom. The Kier molecular flexibility index (Phi) is 1.75. The fourth-order valence-electron chi connectivity index (χ4n) is 0.106. The van der Waals surface area contributed by atoms with Gasteiger partial charge in [-0.1, -0.05) is 0 Å². The first kappa shape index (κ1) is 8.28. The summed E-state index contributed by atoms with van der Waals surface area (Å²) in [6, 6.07) is 0. The van der Waals surface area contributed by atoms with Gasteiger partial charge in [-0.15, -0.1) is 6.42 Å². The molecule has 0 aliphatic heterocycles. The predicted molar refractivity (Wildman–Crippen MR) is 24.1 cm³/mol. The molecule has 0 aromatic heterocycles. The van der Waals surface area contributed by atoms with E-state index in [1.165, 1.54) is 0 Å². The molecular formula is C5H3F4. The van der Waals surface area contributed by atoms with Crippen molar-refractivity contribution < 1.29 is 17.6 Å². The molecule has 0 atom stereocenters. The Morgan fingerprint density at radius 3 is 1.56 bits per heavy atom. The van der Waals surface area contributed by atoms with Crippen LogP contribution in [0.4, 0.5) is 17.6 Å². The fourth-order valence-corrected chi connectivity index (χ4v) is 0.106.